The first kappa shape index (κ1) is 13.3. The topological polar surface area (TPSA) is 68.0 Å². The van der Waals surface area contributed by atoms with Crippen molar-refractivity contribution in [1.29, 1.82) is 0 Å². The molecule has 0 aliphatic carbocycles. The highest BCUT2D eigenvalue weighted by atomic mass is 16.3. The van der Waals surface area contributed by atoms with Crippen molar-refractivity contribution in [2.45, 2.75) is 20.8 Å². The summed E-state index contributed by atoms with van der Waals surface area (Å²) in [4.78, 5) is 20.7. The largest absolute Gasteiger partial charge is 0.441 e. The number of hydrogen-bond donors (Lipinski definition) is 1. The van der Waals surface area contributed by atoms with E-state index in [1.54, 1.807) is 31.3 Å². The van der Waals surface area contributed by atoms with Crippen LogP contribution in [0.15, 0.2) is 34.9 Å². The second-order valence-electron chi connectivity index (χ2n) is 5.05. The number of nitrogens with zero attached hydrogens (tertiary/aromatic N) is 2. The molecule has 5 heteroatoms. The van der Waals surface area contributed by atoms with Gasteiger partial charge in [0, 0.05) is 18.8 Å². The summed E-state index contributed by atoms with van der Waals surface area (Å²) >= 11 is 0. The number of anilines is 1. The highest BCUT2D eigenvalue weighted by Crippen LogP contribution is 2.20. The Bertz CT molecular complexity index is 837. The number of carbonyl (C=O) groups is 1. The average Bonchev–Trinajstić information content (AvgIpc) is 2.77. The molecule has 0 spiro atoms. The molecule has 0 unspecified atom stereocenters. The Morgan fingerprint density at radius 1 is 1.19 bits per heavy atom. The van der Waals surface area contributed by atoms with Crippen molar-refractivity contribution in [2.75, 3.05) is 5.32 Å². The molecule has 0 saturated carbocycles. The maximum absolute atomic E-state index is 12.3. The van der Waals surface area contributed by atoms with Crippen LogP contribution in [0.5, 0.6) is 0 Å². The van der Waals surface area contributed by atoms with Gasteiger partial charge in [0.15, 0.2) is 11.5 Å². The number of carbonyl (C=O) groups excluding carboxylic acids is 1. The van der Waals surface area contributed by atoms with E-state index in [-0.39, 0.29) is 5.91 Å². The fourth-order valence-corrected chi connectivity index (χ4v) is 2.26. The maximum Gasteiger partial charge on any atom is 0.274 e. The summed E-state index contributed by atoms with van der Waals surface area (Å²) in [6.45, 7) is 5.61. The van der Waals surface area contributed by atoms with Gasteiger partial charge in [-0.1, -0.05) is 6.07 Å². The van der Waals surface area contributed by atoms with E-state index >= 15 is 0 Å². The lowest BCUT2D eigenvalue weighted by atomic mass is 10.1. The highest BCUT2D eigenvalue weighted by molar-refractivity contribution is 6.04. The molecule has 0 aliphatic rings. The summed E-state index contributed by atoms with van der Waals surface area (Å²) in [5, 5.41) is 2.84. The number of aryl methyl sites for hydroxylation is 3. The summed E-state index contributed by atoms with van der Waals surface area (Å²) in [6, 6.07) is 7.30. The average molecular weight is 281 g/mol. The van der Waals surface area contributed by atoms with Crippen molar-refractivity contribution in [2.24, 2.45) is 0 Å². The lowest BCUT2D eigenvalue weighted by Crippen LogP contribution is -2.15. The number of pyridine rings is 1. The van der Waals surface area contributed by atoms with Crippen LogP contribution in [-0.2, 0) is 0 Å². The maximum atomic E-state index is 12.3. The van der Waals surface area contributed by atoms with Gasteiger partial charge in [-0.3, -0.25) is 9.78 Å². The molecule has 1 aromatic carbocycles. The molecule has 2 aromatic heterocycles. The summed E-state index contributed by atoms with van der Waals surface area (Å²) in [5.74, 6) is 0.372. The number of aromatic nitrogens is 2. The monoisotopic (exact) mass is 281 g/mol. The summed E-state index contributed by atoms with van der Waals surface area (Å²) < 4.78 is 5.41. The first-order valence-electron chi connectivity index (χ1n) is 6.65. The smallest absolute Gasteiger partial charge is 0.274 e. The molecule has 106 valence electrons. The molecule has 0 fully saturated rings. The summed E-state index contributed by atoms with van der Waals surface area (Å²) in [5.41, 5.74) is 4.41. The number of amides is 1. The summed E-state index contributed by atoms with van der Waals surface area (Å²) in [6.07, 6.45) is 1.69. The molecule has 2 heterocycles. The van der Waals surface area contributed by atoms with Gasteiger partial charge in [0.1, 0.15) is 11.2 Å². The van der Waals surface area contributed by atoms with Crippen LogP contribution in [-0.4, -0.2) is 15.9 Å². The van der Waals surface area contributed by atoms with Crippen LogP contribution in [0.1, 0.15) is 27.5 Å². The van der Waals surface area contributed by atoms with Gasteiger partial charge in [-0.15, -0.1) is 0 Å². The third-order valence-corrected chi connectivity index (χ3v) is 3.18. The zero-order chi connectivity index (χ0) is 15.0. The van der Waals surface area contributed by atoms with Crippen molar-refractivity contribution in [3.05, 3.63) is 53.2 Å². The minimum Gasteiger partial charge on any atom is -0.441 e. The predicted octanol–water partition coefficient (Wildman–Crippen LogP) is 3.40. The van der Waals surface area contributed by atoms with E-state index in [0.717, 1.165) is 16.6 Å². The first-order valence-corrected chi connectivity index (χ1v) is 6.65. The number of rotatable bonds is 2. The van der Waals surface area contributed by atoms with E-state index < -0.39 is 0 Å². The Morgan fingerprint density at radius 3 is 2.76 bits per heavy atom. The van der Waals surface area contributed by atoms with Crippen LogP contribution in [0.25, 0.3) is 11.1 Å². The molecule has 3 aromatic rings. The zero-order valence-electron chi connectivity index (χ0n) is 12.1. The number of fused-ring (bicyclic) bond motifs is 1. The Morgan fingerprint density at radius 2 is 2.00 bits per heavy atom. The molecule has 0 aliphatic heterocycles. The minimum absolute atomic E-state index is 0.230. The molecule has 5 nitrogen and oxygen atoms in total. The molecule has 0 saturated heterocycles. The molecule has 0 radical (unpaired) electrons. The van der Waals surface area contributed by atoms with E-state index in [4.69, 9.17) is 4.42 Å². The number of benzene rings is 1. The van der Waals surface area contributed by atoms with Crippen LogP contribution < -0.4 is 5.32 Å². The van der Waals surface area contributed by atoms with Crippen molar-refractivity contribution in [3.8, 4) is 0 Å². The molecule has 0 bridgehead atoms. The van der Waals surface area contributed by atoms with Gasteiger partial charge in [0.2, 0.25) is 0 Å². The van der Waals surface area contributed by atoms with Gasteiger partial charge in [0.25, 0.3) is 5.91 Å². The van der Waals surface area contributed by atoms with E-state index in [1.165, 1.54) is 0 Å². The zero-order valence-corrected chi connectivity index (χ0v) is 12.1. The van der Waals surface area contributed by atoms with E-state index in [1.807, 2.05) is 19.9 Å². The van der Waals surface area contributed by atoms with E-state index in [9.17, 15) is 4.79 Å². The fraction of sp³-hybridized carbons (Fsp3) is 0.188. The Labute approximate surface area is 122 Å². The lowest BCUT2D eigenvalue weighted by molar-refractivity contribution is 0.102. The molecule has 21 heavy (non-hydrogen) atoms. The Kier molecular flexibility index (Phi) is 3.17. The second-order valence-corrected chi connectivity index (χ2v) is 5.05. The van der Waals surface area contributed by atoms with Crippen molar-refractivity contribution < 1.29 is 9.21 Å². The van der Waals surface area contributed by atoms with Crippen molar-refractivity contribution in [3.63, 3.8) is 0 Å². The van der Waals surface area contributed by atoms with Gasteiger partial charge in [-0.2, -0.15) is 0 Å². The van der Waals surface area contributed by atoms with Gasteiger partial charge in [0.05, 0.1) is 0 Å². The molecule has 0 atom stereocenters. The standard InChI is InChI=1S/C16H15N3O2/c1-9-6-10(2)15(17-8-9)16(20)19-12-4-5-14-13(7-12)18-11(3)21-14/h4-8H,1-3H3,(H,19,20). The summed E-state index contributed by atoms with van der Waals surface area (Å²) in [7, 11) is 0. The fourth-order valence-electron chi connectivity index (χ4n) is 2.26. The number of hydrogen-bond acceptors (Lipinski definition) is 4. The van der Waals surface area contributed by atoms with Crippen LogP contribution in [0, 0.1) is 20.8 Å². The SMILES string of the molecule is Cc1cnc(C(=O)Nc2ccc3oc(C)nc3c2)c(C)c1. The number of nitrogens with one attached hydrogen (secondary N) is 1. The van der Waals surface area contributed by atoms with Gasteiger partial charge >= 0.3 is 0 Å². The van der Waals surface area contributed by atoms with Gasteiger partial charge in [-0.05, 0) is 43.2 Å². The lowest BCUT2D eigenvalue weighted by Gasteiger charge is -2.07. The first-order chi connectivity index (χ1) is 10.0. The molecular weight excluding hydrogens is 266 g/mol. The van der Waals surface area contributed by atoms with Crippen molar-refractivity contribution in [1.82, 2.24) is 9.97 Å². The van der Waals surface area contributed by atoms with E-state index in [0.29, 0.717) is 22.9 Å². The molecule has 3 rings (SSSR count). The van der Waals surface area contributed by atoms with Gasteiger partial charge < -0.3 is 9.73 Å². The van der Waals surface area contributed by atoms with Crippen LogP contribution in [0.2, 0.25) is 0 Å². The van der Waals surface area contributed by atoms with Gasteiger partial charge in [-0.25, -0.2) is 4.98 Å². The molecular formula is C16H15N3O2. The number of oxazole rings is 1. The van der Waals surface area contributed by atoms with E-state index in [2.05, 4.69) is 15.3 Å². The molecule has 1 amide bonds. The second kappa shape index (κ2) is 5.01. The van der Waals surface area contributed by atoms with Crippen molar-refractivity contribution >= 4 is 22.7 Å². The Balaban J connectivity index is 1.88. The minimum atomic E-state index is -0.230. The third-order valence-electron chi connectivity index (χ3n) is 3.18. The third kappa shape index (κ3) is 2.63. The predicted molar refractivity (Wildman–Crippen MR) is 80.4 cm³/mol. The normalized spacial score (nSPS) is 10.8. The molecule has 1 N–H and O–H groups in total. The highest BCUT2D eigenvalue weighted by Gasteiger charge is 2.12. The Hall–Kier alpha value is -2.69. The van der Waals surface area contributed by atoms with Crippen LogP contribution in [0.3, 0.4) is 0 Å². The van der Waals surface area contributed by atoms with Crippen LogP contribution in [0.4, 0.5) is 5.69 Å². The van der Waals surface area contributed by atoms with Crippen LogP contribution >= 0.6 is 0 Å². The quantitative estimate of drug-likeness (QED) is 0.781.